The number of carbonyl (C=O) groups excluding carboxylic acids is 1. The van der Waals surface area contributed by atoms with Gasteiger partial charge in [0.05, 0.1) is 6.61 Å². The van der Waals surface area contributed by atoms with Gasteiger partial charge in [0.1, 0.15) is 0 Å². The number of rotatable bonds is 3. The molecular formula is C15H19NO2. The number of amides is 1. The third kappa shape index (κ3) is 2.99. The van der Waals surface area contributed by atoms with Gasteiger partial charge >= 0.3 is 0 Å². The van der Waals surface area contributed by atoms with Crippen LogP contribution in [0.1, 0.15) is 38.2 Å². The molecule has 0 atom stereocenters. The minimum Gasteiger partial charge on any atom is -0.392 e. The third-order valence-electron chi connectivity index (χ3n) is 3.45. The fourth-order valence-corrected chi connectivity index (χ4v) is 2.31. The summed E-state index contributed by atoms with van der Waals surface area (Å²) in [7, 11) is 0. The maximum absolute atomic E-state index is 12.1. The van der Waals surface area contributed by atoms with E-state index in [1.54, 1.807) is 6.07 Å². The van der Waals surface area contributed by atoms with Gasteiger partial charge in [0.15, 0.2) is 0 Å². The molecule has 1 saturated carbocycles. The van der Waals surface area contributed by atoms with Crippen molar-refractivity contribution in [3.8, 4) is 0 Å². The van der Waals surface area contributed by atoms with Crippen LogP contribution in [0, 0.1) is 0 Å². The van der Waals surface area contributed by atoms with Crippen LogP contribution in [0.4, 0.5) is 5.69 Å². The van der Waals surface area contributed by atoms with Crippen LogP contribution in [-0.4, -0.2) is 11.0 Å². The Balaban J connectivity index is 2.08. The smallest absolute Gasteiger partial charge is 0.251 e. The number of hydrogen-bond acceptors (Lipinski definition) is 2. The molecule has 96 valence electrons. The number of allylic oxidation sites excluding steroid dienone is 1. The van der Waals surface area contributed by atoms with Crippen LogP contribution in [0.2, 0.25) is 0 Å². The summed E-state index contributed by atoms with van der Waals surface area (Å²) < 4.78 is 0. The van der Waals surface area contributed by atoms with E-state index in [9.17, 15) is 4.79 Å². The van der Waals surface area contributed by atoms with Gasteiger partial charge in [0.25, 0.3) is 5.91 Å². The maximum atomic E-state index is 12.1. The van der Waals surface area contributed by atoms with Crippen molar-refractivity contribution in [3.63, 3.8) is 0 Å². The number of aliphatic hydroxyl groups is 1. The largest absolute Gasteiger partial charge is 0.392 e. The number of aliphatic hydroxyl groups excluding tert-OH is 1. The normalized spacial score (nSPS) is 14.7. The molecule has 1 aliphatic rings. The van der Waals surface area contributed by atoms with Gasteiger partial charge in [-0.1, -0.05) is 17.7 Å². The van der Waals surface area contributed by atoms with E-state index in [0.717, 1.165) is 29.7 Å². The molecule has 1 fully saturated rings. The number of hydrogen-bond donors (Lipinski definition) is 2. The number of anilines is 1. The topological polar surface area (TPSA) is 49.3 Å². The van der Waals surface area contributed by atoms with Crippen LogP contribution in [0.25, 0.3) is 0 Å². The van der Waals surface area contributed by atoms with Crippen molar-refractivity contribution >= 4 is 11.6 Å². The summed E-state index contributed by atoms with van der Waals surface area (Å²) in [6.45, 7) is 1.88. The summed E-state index contributed by atoms with van der Waals surface area (Å²) in [6.07, 6.45) is 4.49. The van der Waals surface area contributed by atoms with Crippen LogP contribution in [0.5, 0.6) is 0 Å². The molecule has 0 aliphatic heterocycles. The Morgan fingerprint density at radius 1 is 1.33 bits per heavy atom. The number of nitrogens with one attached hydrogen (secondary N) is 1. The molecule has 3 heteroatoms. The van der Waals surface area contributed by atoms with Gasteiger partial charge in [0.2, 0.25) is 0 Å². The van der Waals surface area contributed by atoms with E-state index in [0.29, 0.717) is 0 Å². The van der Waals surface area contributed by atoms with Crippen molar-refractivity contribution in [1.29, 1.82) is 0 Å². The summed E-state index contributed by atoms with van der Waals surface area (Å²) in [5.74, 6) is -0.0259. The Bertz CT molecular complexity index is 469. The molecule has 0 heterocycles. The van der Waals surface area contributed by atoms with Gasteiger partial charge in [-0.2, -0.15) is 0 Å². The first-order valence-electron chi connectivity index (χ1n) is 6.40. The molecule has 1 amide bonds. The van der Waals surface area contributed by atoms with Crippen LogP contribution < -0.4 is 5.32 Å². The Labute approximate surface area is 108 Å². The minimum absolute atomic E-state index is 0.0101. The van der Waals surface area contributed by atoms with Crippen molar-refractivity contribution in [2.24, 2.45) is 0 Å². The van der Waals surface area contributed by atoms with Crippen molar-refractivity contribution in [2.75, 3.05) is 5.32 Å². The first kappa shape index (κ1) is 12.8. The lowest BCUT2D eigenvalue weighted by atomic mass is 10.1. The maximum Gasteiger partial charge on any atom is 0.251 e. The summed E-state index contributed by atoms with van der Waals surface area (Å²) in [4.78, 5) is 12.1. The first-order chi connectivity index (χ1) is 8.70. The molecule has 0 unspecified atom stereocenters. The summed E-state index contributed by atoms with van der Waals surface area (Å²) >= 11 is 0. The Kier molecular flexibility index (Phi) is 4.15. The van der Waals surface area contributed by atoms with Crippen molar-refractivity contribution < 1.29 is 9.90 Å². The molecule has 0 bridgehead atoms. The Morgan fingerprint density at radius 3 is 2.72 bits per heavy atom. The van der Waals surface area contributed by atoms with E-state index in [-0.39, 0.29) is 12.5 Å². The SMILES string of the molecule is CC(C(=O)Nc1cccc(CO)c1)=C1CCCC1. The summed E-state index contributed by atoms with van der Waals surface area (Å²) in [5.41, 5.74) is 3.68. The van der Waals surface area contributed by atoms with E-state index < -0.39 is 0 Å². The summed E-state index contributed by atoms with van der Waals surface area (Å²) in [6, 6.07) is 7.30. The predicted molar refractivity (Wildman–Crippen MR) is 72.2 cm³/mol. The second kappa shape index (κ2) is 5.83. The van der Waals surface area contributed by atoms with Crippen molar-refractivity contribution in [3.05, 3.63) is 41.0 Å². The van der Waals surface area contributed by atoms with E-state index in [2.05, 4.69) is 5.32 Å². The number of benzene rings is 1. The van der Waals surface area contributed by atoms with E-state index in [1.165, 1.54) is 18.4 Å². The van der Waals surface area contributed by atoms with Crippen LogP contribution in [0.3, 0.4) is 0 Å². The van der Waals surface area contributed by atoms with Gasteiger partial charge < -0.3 is 10.4 Å². The zero-order valence-corrected chi connectivity index (χ0v) is 10.7. The molecule has 2 N–H and O–H groups in total. The van der Waals surface area contributed by atoms with E-state index in [1.807, 2.05) is 25.1 Å². The molecule has 1 aromatic carbocycles. The fraction of sp³-hybridized carbons (Fsp3) is 0.400. The summed E-state index contributed by atoms with van der Waals surface area (Å²) in [5, 5.41) is 11.9. The van der Waals surface area contributed by atoms with Crippen LogP contribution in [-0.2, 0) is 11.4 Å². The average Bonchev–Trinajstić information content (AvgIpc) is 2.92. The third-order valence-corrected chi connectivity index (χ3v) is 3.45. The van der Waals surface area contributed by atoms with Gasteiger partial charge in [0, 0.05) is 11.3 Å². The second-order valence-electron chi connectivity index (χ2n) is 4.75. The Morgan fingerprint density at radius 2 is 2.06 bits per heavy atom. The van der Waals surface area contributed by atoms with Gasteiger partial charge in [-0.15, -0.1) is 0 Å². The van der Waals surface area contributed by atoms with Crippen molar-refractivity contribution in [1.82, 2.24) is 0 Å². The molecule has 0 saturated heterocycles. The standard InChI is InChI=1S/C15H19NO2/c1-11(13-6-2-3-7-13)15(18)16-14-8-4-5-12(9-14)10-17/h4-5,8-9,17H,2-3,6-7,10H2,1H3,(H,16,18). The first-order valence-corrected chi connectivity index (χ1v) is 6.40. The van der Waals surface area contributed by atoms with Gasteiger partial charge in [-0.05, 0) is 50.3 Å². The quantitative estimate of drug-likeness (QED) is 0.804. The molecule has 2 rings (SSSR count). The van der Waals surface area contributed by atoms with Crippen molar-refractivity contribution in [2.45, 2.75) is 39.2 Å². The highest BCUT2D eigenvalue weighted by molar-refractivity contribution is 6.03. The lowest BCUT2D eigenvalue weighted by molar-refractivity contribution is -0.112. The molecule has 18 heavy (non-hydrogen) atoms. The number of carbonyl (C=O) groups is 1. The molecule has 0 aromatic heterocycles. The van der Waals surface area contributed by atoms with Crippen LogP contribution in [0.15, 0.2) is 35.4 Å². The highest BCUT2D eigenvalue weighted by atomic mass is 16.3. The highest BCUT2D eigenvalue weighted by Gasteiger charge is 2.14. The molecule has 1 aromatic rings. The predicted octanol–water partition coefficient (Wildman–Crippen LogP) is 3.01. The van der Waals surface area contributed by atoms with E-state index in [4.69, 9.17) is 5.11 Å². The lowest BCUT2D eigenvalue weighted by Crippen LogP contribution is -2.14. The van der Waals surface area contributed by atoms with Gasteiger partial charge in [-0.3, -0.25) is 4.79 Å². The monoisotopic (exact) mass is 245 g/mol. The highest BCUT2D eigenvalue weighted by Crippen LogP contribution is 2.27. The zero-order valence-electron chi connectivity index (χ0n) is 10.7. The van der Waals surface area contributed by atoms with E-state index >= 15 is 0 Å². The molecule has 0 spiro atoms. The minimum atomic E-state index is -0.0259. The molecular weight excluding hydrogens is 226 g/mol. The molecule has 0 radical (unpaired) electrons. The zero-order chi connectivity index (χ0) is 13.0. The fourth-order valence-electron chi connectivity index (χ4n) is 2.31. The Hall–Kier alpha value is -1.61. The second-order valence-corrected chi connectivity index (χ2v) is 4.75. The molecule has 1 aliphatic carbocycles. The van der Waals surface area contributed by atoms with Gasteiger partial charge in [-0.25, -0.2) is 0 Å². The lowest BCUT2D eigenvalue weighted by Gasteiger charge is -2.09. The molecule has 3 nitrogen and oxygen atoms in total. The van der Waals surface area contributed by atoms with Crippen LogP contribution >= 0.6 is 0 Å². The average molecular weight is 245 g/mol.